The van der Waals surface area contributed by atoms with Crippen molar-refractivity contribution in [3.63, 3.8) is 0 Å². The molecule has 5 rings (SSSR count). The van der Waals surface area contributed by atoms with Gasteiger partial charge in [-0.05, 0) is 53.9 Å². The number of benzene rings is 2. The van der Waals surface area contributed by atoms with Crippen LogP contribution in [0.15, 0.2) is 42.5 Å². The first-order valence-corrected chi connectivity index (χ1v) is 11.6. The van der Waals surface area contributed by atoms with E-state index in [1.54, 1.807) is 0 Å². The van der Waals surface area contributed by atoms with Gasteiger partial charge in [-0.1, -0.05) is 6.07 Å². The first-order chi connectivity index (χ1) is 16.4. The summed E-state index contributed by atoms with van der Waals surface area (Å²) in [6.07, 6.45) is -0.530. The predicted molar refractivity (Wildman–Crippen MR) is 125 cm³/mol. The Balaban J connectivity index is 1.37. The van der Waals surface area contributed by atoms with Gasteiger partial charge in [0.05, 0.1) is 31.3 Å². The number of hydrogen-bond acceptors (Lipinski definition) is 5. The largest absolute Gasteiger partial charge is 0.465 e. The number of fused-ring (bicyclic) bond motifs is 1. The lowest BCUT2D eigenvalue weighted by Crippen LogP contribution is -2.56. The highest BCUT2D eigenvalue weighted by Gasteiger charge is 2.39. The van der Waals surface area contributed by atoms with E-state index in [-0.39, 0.29) is 5.91 Å². The van der Waals surface area contributed by atoms with Crippen molar-refractivity contribution >= 4 is 17.7 Å². The van der Waals surface area contributed by atoms with Crippen LogP contribution in [-0.4, -0.2) is 85.4 Å². The Morgan fingerprint density at radius 2 is 1.79 bits per heavy atom. The van der Waals surface area contributed by atoms with Gasteiger partial charge in [0, 0.05) is 44.5 Å². The fourth-order valence-electron chi connectivity index (χ4n) is 5.09. The van der Waals surface area contributed by atoms with Crippen molar-refractivity contribution in [2.75, 3.05) is 51.3 Å². The van der Waals surface area contributed by atoms with Crippen LogP contribution in [-0.2, 0) is 11.2 Å². The van der Waals surface area contributed by atoms with E-state index >= 15 is 0 Å². The average molecular weight is 469 g/mol. The van der Waals surface area contributed by atoms with Gasteiger partial charge in [0.15, 0.2) is 0 Å². The van der Waals surface area contributed by atoms with Gasteiger partial charge in [0.25, 0.3) is 5.91 Å². The molecule has 2 aromatic carbocycles. The highest BCUT2D eigenvalue weighted by Crippen LogP contribution is 2.37. The summed E-state index contributed by atoms with van der Waals surface area (Å²) in [5.74, 6) is -0.774. The van der Waals surface area contributed by atoms with Gasteiger partial charge < -0.3 is 25.0 Å². The normalized spacial score (nSPS) is 22.7. The summed E-state index contributed by atoms with van der Waals surface area (Å²) in [7, 11) is 1.53. The fourth-order valence-corrected chi connectivity index (χ4v) is 5.09. The number of piperazine rings is 1. The van der Waals surface area contributed by atoms with Crippen molar-refractivity contribution in [2.45, 2.75) is 24.5 Å². The van der Waals surface area contributed by atoms with Gasteiger partial charge in [-0.25, -0.2) is 9.18 Å². The number of carbonyl (C=O) groups is 2. The molecule has 0 saturated carbocycles. The molecule has 34 heavy (non-hydrogen) atoms. The number of nitrogens with zero attached hydrogens (tertiary/aromatic N) is 3. The van der Waals surface area contributed by atoms with E-state index in [2.05, 4.69) is 27.2 Å². The second-order valence-electron chi connectivity index (χ2n) is 9.22. The molecule has 0 aromatic heterocycles. The Labute approximate surface area is 197 Å². The zero-order valence-electron chi connectivity index (χ0n) is 19.1. The number of rotatable bonds is 5. The number of likely N-dealkylation sites (N-methyl/N-ethyl adjacent to an activating group) is 1. The van der Waals surface area contributed by atoms with Crippen LogP contribution in [0.1, 0.15) is 27.5 Å². The molecule has 2 amide bonds. The first kappa shape index (κ1) is 22.6. The summed E-state index contributed by atoms with van der Waals surface area (Å²) >= 11 is 0. The molecule has 2 atom stereocenters. The molecule has 2 aliphatic heterocycles. The first-order valence-electron chi connectivity index (χ1n) is 11.6. The summed E-state index contributed by atoms with van der Waals surface area (Å²) in [5.41, 5.74) is 3.36. The van der Waals surface area contributed by atoms with Crippen LogP contribution in [0.4, 0.5) is 14.9 Å². The minimum absolute atomic E-state index is 0.332. The van der Waals surface area contributed by atoms with E-state index in [1.165, 1.54) is 36.2 Å². The molecule has 2 heterocycles. The smallest absolute Gasteiger partial charge is 0.407 e. The van der Waals surface area contributed by atoms with Crippen LogP contribution in [0.25, 0.3) is 0 Å². The Morgan fingerprint density at radius 3 is 2.41 bits per heavy atom. The molecule has 8 nitrogen and oxygen atoms in total. The molecule has 0 spiro atoms. The molecule has 2 fully saturated rings. The number of ether oxygens (including phenoxy) is 1. The lowest BCUT2D eigenvalue weighted by atomic mass is 10.0. The summed E-state index contributed by atoms with van der Waals surface area (Å²) < 4.78 is 18.6. The summed E-state index contributed by atoms with van der Waals surface area (Å²) in [6, 6.07) is 11.2. The van der Waals surface area contributed by atoms with E-state index in [4.69, 9.17) is 4.74 Å². The summed E-state index contributed by atoms with van der Waals surface area (Å²) in [5, 5.41) is 12.6. The number of hydrogen-bond donors (Lipinski definition) is 2. The molecule has 2 aromatic rings. The molecule has 0 bridgehead atoms. The second kappa shape index (κ2) is 9.23. The molecule has 0 unspecified atom stereocenters. The highest BCUT2D eigenvalue weighted by atomic mass is 19.1. The molecule has 3 aliphatic rings. The van der Waals surface area contributed by atoms with E-state index in [0.29, 0.717) is 18.0 Å². The van der Waals surface area contributed by atoms with Crippen molar-refractivity contribution in [3.05, 3.63) is 65.0 Å². The lowest BCUT2D eigenvalue weighted by Gasteiger charge is -2.43. The van der Waals surface area contributed by atoms with Crippen LogP contribution in [0.5, 0.6) is 0 Å². The van der Waals surface area contributed by atoms with Crippen molar-refractivity contribution in [2.24, 2.45) is 0 Å². The number of amides is 2. The maximum atomic E-state index is 13.3. The van der Waals surface area contributed by atoms with Crippen molar-refractivity contribution < 1.29 is 23.8 Å². The quantitative estimate of drug-likeness (QED) is 0.701. The molecular formula is C25H29FN4O4. The van der Waals surface area contributed by atoms with E-state index in [1.807, 2.05) is 6.07 Å². The van der Waals surface area contributed by atoms with Crippen molar-refractivity contribution in [1.82, 2.24) is 15.1 Å². The van der Waals surface area contributed by atoms with Gasteiger partial charge in [0.2, 0.25) is 0 Å². The molecule has 2 saturated heterocycles. The van der Waals surface area contributed by atoms with Gasteiger partial charge >= 0.3 is 6.09 Å². The second-order valence-corrected chi connectivity index (χ2v) is 9.22. The third kappa shape index (κ3) is 4.33. The van der Waals surface area contributed by atoms with Crippen LogP contribution in [0.2, 0.25) is 0 Å². The Bertz CT molecular complexity index is 1070. The van der Waals surface area contributed by atoms with E-state index in [9.17, 15) is 19.1 Å². The van der Waals surface area contributed by atoms with E-state index < -0.39 is 24.0 Å². The zero-order chi connectivity index (χ0) is 23.8. The van der Waals surface area contributed by atoms with Gasteiger partial charge in [-0.2, -0.15) is 0 Å². The number of carbonyl (C=O) groups excluding carboxylic acids is 1. The number of anilines is 1. The van der Waals surface area contributed by atoms with Crippen LogP contribution in [0.3, 0.4) is 0 Å². The Kier molecular flexibility index (Phi) is 6.14. The maximum absolute atomic E-state index is 13.3. The third-order valence-corrected chi connectivity index (χ3v) is 7.29. The molecule has 180 valence electrons. The Hall–Kier alpha value is -3.17. The molecule has 9 heteroatoms. The molecule has 0 radical (unpaired) electrons. The third-order valence-electron chi connectivity index (χ3n) is 7.29. The fraction of sp³-hybridized carbons (Fsp3) is 0.440. The average Bonchev–Trinajstić information content (AvgIpc) is 3.15. The molecular weight excluding hydrogens is 439 g/mol. The summed E-state index contributed by atoms with van der Waals surface area (Å²) in [4.78, 5) is 30.8. The minimum atomic E-state index is -1.05. The van der Waals surface area contributed by atoms with Crippen LogP contribution >= 0.6 is 0 Å². The van der Waals surface area contributed by atoms with Crippen LogP contribution < -0.4 is 10.2 Å². The standard InChI is InChI=1S/C25H29FN4O4/c1-28(25(32)33)22-12-17-4-7-19(29-8-10-30(11-9-29)20-14-34-15-20)13-21(17)23(22)27-24(31)16-2-5-18(26)6-3-16/h2-7,13,20,22-23H,8-12,14-15H2,1H3,(H,27,31)(H,32,33)/t22-,23+/m0/s1. The number of halogens is 1. The van der Waals surface area contributed by atoms with Crippen LogP contribution in [0, 0.1) is 5.82 Å². The molecule has 2 N–H and O–H groups in total. The van der Waals surface area contributed by atoms with Crippen molar-refractivity contribution in [1.29, 1.82) is 0 Å². The van der Waals surface area contributed by atoms with Crippen molar-refractivity contribution in [3.8, 4) is 0 Å². The van der Waals surface area contributed by atoms with E-state index in [0.717, 1.165) is 56.2 Å². The monoisotopic (exact) mass is 468 g/mol. The van der Waals surface area contributed by atoms with Gasteiger partial charge in [-0.3, -0.25) is 9.69 Å². The topological polar surface area (TPSA) is 85.4 Å². The number of nitrogens with one attached hydrogen (secondary N) is 1. The Morgan fingerprint density at radius 1 is 1.09 bits per heavy atom. The SMILES string of the molecule is CN(C(=O)O)[C@H]1Cc2ccc(N3CCN(C4COC4)CC3)cc2[C@H]1NC(=O)c1ccc(F)cc1. The molecule has 1 aliphatic carbocycles. The summed E-state index contributed by atoms with van der Waals surface area (Å²) in [6.45, 7) is 5.38. The predicted octanol–water partition coefficient (Wildman–Crippen LogP) is 2.35. The maximum Gasteiger partial charge on any atom is 0.407 e. The van der Waals surface area contributed by atoms with Gasteiger partial charge in [-0.15, -0.1) is 0 Å². The lowest BCUT2D eigenvalue weighted by molar-refractivity contribution is -0.0660. The minimum Gasteiger partial charge on any atom is -0.465 e. The highest BCUT2D eigenvalue weighted by molar-refractivity contribution is 5.94. The number of carboxylic acid groups (broad SMARTS) is 1. The zero-order valence-corrected chi connectivity index (χ0v) is 19.1. The van der Waals surface area contributed by atoms with Gasteiger partial charge in [0.1, 0.15) is 5.82 Å².